The lowest BCUT2D eigenvalue weighted by molar-refractivity contribution is 0.409. The van der Waals surface area contributed by atoms with Gasteiger partial charge in [0.2, 0.25) is 0 Å². The maximum absolute atomic E-state index is 6.70. The van der Waals surface area contributed by atoms with E-state index in [-0.39, 0.29) is 12.3 Å². The molecule has 5 nitrogen and oxygen atoms in total. The lowest BCUT2D eigenvalue weighted by atomic mass is 10.00. The second kappa shape index (κ2) is 12.8. The molecule has 57 heavy (non-hydrogen) atoms. The first-order valence-electron chi connectivity index (χ1n) is 19.3. The fourth-order valence-electron chi connectivity index (χ4n) is 8.75. The van der Waals surface area contributed by atoms with E-state index < -0.39 is 0 Å². The third kappa shape index (κ3) is 5.22. The number of aromatic nitrogens is 1. The van der Waals surface area contributed by atoms with E-state index in [1.54, 1.807) is 0 Å². The van der Waals surface area contributed by atoms with Crippen molar-refractivity contribution in [3.05, 3.63) is 199 Å². The van der Waals surface area contributed by atoms with Crippen LogP contribution < -0.4 is 10.6 Å². The number of thiophene rings is 1. The molecule has 2 atom stereocenters. The zero-order valence-electron chi connectivity index (χ0n) is 30.7. The van der Waals surface area contributed by atoms with Gasteiger partial charge >= 0.3 is 0 Å². The summed E-state index contributed by atoms with van der Waals surface area (Å²) in [6, 6.07) is 64.9. The quantitative estimate of drug-likeness (QED) is 0.184. The second-order valence-electron chi connectivity index (χ2n) is 14.8. The highest BCUT2D eigenvalue weighted by Gasteiger charge is 2.26. The Morgan fingerprint density at radius 1 is 0.491 bits per heavy atom. The summed E-state index contributed by atoms with van der Waals surface area (Å²) in [6.45, 7) is 0. The van der Waals surface area contributed by atoms with Crippen LogP contribution in [-0.2, 0) is 0 Å². The molecule has 1 aliphatic heterocycles. The van der Waals surface area contributed by atoms with Gasteiger partial charge in [-0.15, -0.1) is 11.3 Å². The van der Waals surface area contributed by atoms with Crippen molar-refractivity contribution in [1.82, 2.24) is 15.2 Å². The smallest absolute Gasteiger partial charge is 0.159 e. The molecule has 0 aliphatic carbocycles. The number of nitrogens with zero attached hydrogens (tertiary/aromatic N) is 2. The first kappa shape index (κ1) is 32.3. The molecule has 0 radical (unpaired) electrons. The Balaban J connectivity index is 0.928. The van der Waals surface area contributed by atoms with E-state index >= 15 is 0 Å². The Morgan fingerprint density at radius 3 is 1.91 bits per heavy atom. The van der Waals surface area contributed by atoms with Crippen LogP contribution in [0.25, 0.3) is 80.7 Å². The SMILES string of the molecule is c1ccc(C2N=C(c3ccc4c(c3)sc3ccc(-c5ccc6oc7c(-n8c9ccccc9c9ccccc98)cccc7c6c5)cc34)NC(c3ccccc3)N2)cc1. The number of amidine groups is 1. The van der Waals surface area contributed by atoms with Crippen LogP contribution in [0.5, 0.6) is 0 Å². The molecule has 3 aromatic heterocycles. The lowest BCUT2D eigenvalue weighted by Crippen LogP contribution is -2.44. The van der Waals surface area contributed by atoms with Crippen LogP contribution in [0.1, 0.15) is 29.0 Å². The average molecular weight is 751 g/mol. The van der Waals surface area contributed by atoms with Crippen molar-refractivity contribution >= 4 is 81.1 Å². The number of fused-ring (bicyclic) bond motifs is 9. The summed E-state index contributed by atoms with van der Waals surface area (Å²) in [5, 5.41) is 14.6. The van der Waals surface area contributed by atoms with Crippen LogP contribution in [0.4, 0.5) is 0 Å². The van der Waals surface area contributed by atoms with E-state index in [1.807, 2.05) is 17.4 Å². The topological polar surface area (TPSA) is 54.5 Å². The highest BCUT2D eigenvalue weighted by atomic mass is 32.1. The number of hydrogen-bond acceptors (Lipinski definition) is 5. The normalized spacial score (nSPS) is 15.9. The van der Waals surface area contributed by atoms with Crippen molar-refractivity contribution < 1.29 is 4.42 Å². The number of aliphatic imine (C=N–C) groups is 1. The summed E-state index contributed by atoms with van der Waals surface area (Å²) in [7, 11) is 0. The van der Waals surface area contributed by atoms with E-state index in [4.69, 9.17) is 9.41 Å². The largest absolute Gasteiger partial charge is 0.454 e. The number of hydrogen-bond donors (Lipinski definition) is 2. The highest BCUT2D eigenvalue weighted by molar-refractivity contribution is 7.25. The highest BCUT2D eigenvalue weighted by Crippen LogP contribution is 2.41. The van der Waals surface area contributed by atoms with Gasteiger partial charge in [-0.1, -0.05) is 133 Å². The van der Waals surface area contributed by atoms with Crippen LogP contribution in [-0.4, -0.2) is 10.4 Å². The summed E-state index contributed by atoms with van der Waals surface area (Å²) in [6.07, 6.45) is -0.243. The lowest BCUT2D eigenvalue weighted by Gasteiger charge is -2.32. The Labute approximate surface area is 332 Å². The molecule has 8 aromatic carbocycles. The van der Waals surface area contributed by atoms with Gasteiger partial charge < -0.3 is 14.3 Å². The molecule has 0 fully saturated rings. The number of nitrogens with one attached hydrogen (secondary N) is 2. The van der Waals surface area contributed by atoms with Gasteiger partial charge in [-0.3, -0.25) is 5.32 Å². The van der Waals surface area contributed by atoms with Crippen LogP contribution in [0.15, 0.2) is 191 Å². The molecular formula is C51H34N4OS. The second-order valence-corrected chi connectivity index (χ2v) is 15.9. The van der Waals surface area contributed by atoms with Crippen molar-refractivity contribution in [3.8, 4) is 16.8 Å². The summed E-state index contributed by atoms with van der Waals surface area (Å²) < 4.78 is 11.5. The van der Waals surface area contributed by atoms with Gasteiger partial charge in [0.05, 0.1) is 16.7 Å². The van der Waals surface area contributed by atoms with E-state index in [9.17, 15) is 0 Å². The standard InChI is InChI=1S/C51H34N4OS/c1-3-12-31(13-4-1)49-52-50(32-14-5-2-6-15-32)54-51(53-49)35-22-25-38-41-29-34(24-27-46(41)57-47(38)30-35)33-23-26-45-40(28-33)39-18-11-21-44(48(39)56-45)55-42-19-9-7-16-36(42)37-17-8-10-20-43(37)55/h1-30,49-50,52H,(H,53,54). The maximum atomic E-state index is 6.70. The average Bonchev–Trinajstić information content (AvgIpc) is 3.95. The summed E-state index contributed by atoms with van der Waals surface area (Å²) in [5.74, 6) is 0.887. The van der Waals surface area contributed by atoms with Crippen molar-refractivity contribution in [2.75, 3.05) is 0 Å². The zero-order valence-corrected chi connectivity index (χ0v) is 31.5. The molecule has 0 amide bonds. The molecule has 0 saturated heterocycles. The third-order valence-electron chi connectivity index (χ3n) is 11.5. The van der Waals surface area contributed by atoms with E-state index in [2.05, 4.69) is 191 Å². The van der Waals surface area contributed by atoms with Gasteiger partial charge in [0.15, 0.2) is 5.58 Å². The maximum Gasteiger partial charge on any atom is 0.159 e. The minimum absolute atomic E-state index is 0.0745. The molecular weight excluding hydrogens is 717 g/mol. The molecule has 0 bridgehead atoms. The molecule has 6 heteroatoms. The molecule has 11 aromatic rings. The summed E-state index contributed by atoms with van der Waals surface area (Å²) in [5.41, 5.74) is 10.9. The van der Waals surface area contributed by atoms with E-state index in [0.717, 1.165) is 50.2 Å². The molecule has 0 saturated carbocycles. The van der Waals surface area contributed by atoms with Crippen molar-refractivity contribution in [3.63, 3.8) is 0 Å². The van der Waals surface area contributed by atoms with Crippen LogP contribution in [0, 0.1) is 0 Å². The molecule has 2 N–H and O–H groups in total. The van der Waals surface area contributed by atoms with E-state index in [0.29, 0.717) is 0 Å². The molecule has 270 valence electrons. The molecule has 1 aliphatic rings. The monoisotopic (exact) mass is 750 g/mol. The molecule has 0 spiro atoms. The van der Waals surface area contributed by atoms with Crippen LogP contribution in [0.3, 0.4) is 0 Å². The third-order valence-corrected chi connectivity index (χ3v) is 12.6. The van der Waals surface area contributed by atoms with Crippen molar-refractivity contribution in [2.45, 2.75) is 12.3 Å². The number of furan rings is 1. The Bertz CT molecular complexity index is 3320. The summed E-state index contributed by atoms with van der Waals surface area (Å²) in [4.78, 5) is 5.19. The van der Waals surface area contributed by atoms with Gasteiger partial charge in [0, 0.05) is 47.3 Å². The first-order chi connectivity index (χ1) is 28.2. The predicted octanol–water partition coefficient (Wildman–Crippen LogP) is 13.1. The fourth-order valence-corrected chi connectivity index (χ4v) is 9.88. The van der Waals surface area contributed by atoms with Gasteiger partial charge in [-0.2, -0.15) is 0 Å². The molecule has 12 rings (SSSR count). The van der Waals surface area contributed by atoms with Crippen molar-refractivity contribution in [1.29, 1.82) is 0 Å². The minimum Gasteiger partial charge on any atom is -0.454 e. The van der Waals surface area contributed by atoms with Crippen LogP contribution >= 0.6 is 11.3 Å². The zero-order chi connectivity index (χ0) is 37.5. The minimum atomic E-state index is -0.168. The van der Waals surface area contributed by atoms with Gasteiger partial charge in [0.1, 0.15) is 23.8 Å². The number of rotatable bonds is 5. The van der Waals surface area contributed by atoms with Crippen molar-refractivity contribution in [2.24, 2.45) is 4.99 Å². The summed E-state index contributed by atoms with van der Waals surface area (Å²) >= 11 is 1.83. The van der Waals surface area contributed by atoms with Crippen LogP contribution in [0.2, 0.25) is 0 Å². The van der Waals surface area contributed by atoms with Gasteiger partial charge in [0.25, 0.3) is 0 Å². The number of para-hydroxylation sites is 3. The molecule has 4 heterocycles. The predicted molar refractivity (Wildman–Crippen MR) is 238 cm³/mol. The van der Waals surface area contributed by atoms with E-state index in [1.165, 1.54) is 53.1 Å². The Morgan fingerprint density at radius 2 is 1.14 bits per heavy atom. The van der Waals surface area contributed by atoms with Gasteiger partial charge in [-0.25, -0.2) is 4.99 Å². The Kier molecular flexibility index (Phi) is 7.24. The first-order valence-corrected chi connectivity index (χ1v) is 20.2. The Hall–Kier alpha value is -6.99. The molecule has 2 unspecified atom stereocenters. The number of benzene rings is 8. The van der Waals surface area contributed by atoms with Gasteiger partial charge in [-0.05, 0) is 70.8 Å². The fraction of sp³-hybridized carbons (Fsp3) is 0.0392.